The van der Waals surface area contributed by atoms with Crippen molar-refractivity contribution in [3.63, 3.8) is 0 Å². The number of guanidine groups is 1. The van der Waals surface area contributed by atoms with E-state index in [0.717, 1.165) is 17.5 Å². The number of carbonyl (C=O) groups is 1. The van der Waals surface area contributed by atoms with Crippen molar-refractivity contribution in [2.24, 2.45) is 4.99 Å². The number of hydrogen-bond donors (Lipinski definition) is 3. The minimum Gasteiger partial charge on any atom is -0.356 e. The number of aliphatic imine (C=N–C) groups is 1. The molecule has 2 aromatic rings. The molecule has 0 radical (unpaired) electrons. The third-order valence-corrected chi connectivity index (χ3v) is 4.71. The van der Waals surface area contributed by atoms with E-state index >= 15 is 0 Å². The van der Waals surface area contributed by atoms with Gasteiger partial charge < -0.3 is 16.0 Å². The second kappa shape index (κ2) is 10.6. The summed E-state index contributed by atoms with van der Waals surface area (Å²) >= 11 is 0. The third-order valence-electron chi connectivity index (χ3n) is 4.71. The predicted octanol–water partition coefficient (Wildman–Crippen LogP) is 3.61. The second-order valence-corrected chi connectivity index (χ2v) is 7.63. The monoisotopic (exact) mass is 398 g/mol. The van der Waals surface area contributed by atoms with Gasteiger partial charge in [-0.05, 0) is 41.8 Å². The Labute approximate surface area is 172 Å². The van der Waals surface area contributed by atoms with Gasteiger partial charge in [0.2, 0.25) is 0 Å². The molecule has 0 aliphatic rings. The van der Waals surface area contributed by atoms with E-state index in [2.05, 4.69) is 34.8 Å². The highest BCUT2D eigenvalue weighted by molar-refractivity contribution is 5.94. The summed E-state index contributed by atoms with van der Waals surface area (Å²) in [7, 11) is 1.71. The molecule has 0 atom stereocenters. The van der Waals surface area contributed by atoms with Crippen LogP contribution in [0.2, 0.25) is 0 Å². The van der Waals surface area contributed by atoms with Crippen molar-refractivity contribution in [1.29, 1.82) is 0 Å². The van der Waals surface area contributed by atoms with Crippen LogP contribution in [-0.4, -0.2) is 32.0 Å². The highest BCUT2D eigenvalue weighted by atomic mass is 19.1. The fourth-order valence-corrected chi connectivity index (χ4v) is 2.89. The van der Waals surface area contributed by atoms with Gasteiger partial charge in [-0.15, -0.1) is 0 Å². The standard InChI is InChI=1S/C23H31FN4O/c1-5-12-26-21(29)18-9-6-8-17(13-18)15-27-22(25-4)28-16-23(2,3)19-10-7-11-20(24)14-19/h6-11,13-14H,5,12,15-16H2,1-4H3,(H,26,29)(H2,25,27,28). The number of amides is 1. The molecule has 0 bridgehead atoms. The Bertz CT molecular complexity index is 848. The number of benzene rings is 2. The lowest BCUT2D eigenvalue weighted by molar-refractivity contribution is 0.0953. The molecule has 29 heavy (non-hydrogen) atoms. The summed E-state index contributed by atoms with van der Waals surface area (Å²) in [5, 5.41) is 9.45. The van der Waals surface area contributed by atoms with Crippen LogP contribution < -0.4 is 16.0 Å². The lowest BCUT2D eigenvalue weighted by Gasteiger charge is -2.27. The van der Waals surface area contributed by atoms with Gasteiger partial charge >= 0.3 is 0 Å². The highest BCUT2D eigenvalue weighted by Crippen LogP contribution is 2.22. The van der Waals surface area contributed by atoms with Crippen molar-refractivity contribution in [3.05, 3.63) is 71.0 Å². The summed E-state index contributed by atoms with van der Waals surface area (Å²) in [6, 6.07) is 14.2. The van der Waals surface area contributed by atoms with E-state index in [1.807, 2.05) is 37.3 Å². The first kappa shape index (κ1) is 22.4. The van der Waals surface area contributed by atoms with Crippen LogP contribution in [-0.2, 0) is 12.0 Å². The lowest BCUT2D eigenvalue weighted by Crippen LogP contribution is -2.43. The number of halogens is 1. The fourth-order valence-electron chi connectivity index (χ4n) is 2.89. The van der Waals surface area contributed by atoms with E-state index in [4.69, 9.17) is 0 Å². The van der Waals surface area contributed by atoms with Gasteiger partial charge in [0.05, 0.1) is 0 Å². The molecule has 0 spiro atoms. The summed E-state index contributed by atoms with van der Waals surface area (Å²) in [5.74, 6) is 0.351. The zero-order valence-electron chi connectivity index (χ0n) is 17.7. The quantitative estimate of drug-likeness (QED) is 0.470. The molecule has 2 rings (SSSR count). The molecule has 0 fully saturated rings. The van der Waals surface area contributed by atoms with E-state index in [1.165, 1.54) is 6.07 Å². The molecule has 2 aromatic carbocycles. The molecule has 0 aromatic heterocycles. The van der Waals surface area contributed by atoms with Crippen molar-refractivity contribution in [2.75, 3.05) is 20.1 Å². The number of nitrogens with zero attached hydrogens (tertiary/aromatic N) is 1. The normalized spacial score (nSPS) is 11.8. The molecule has 1 amide bonds. The van der Waals surface area contributed by atoms with Gasteiger partial charge in [-0.3, -0.25) is 9.79 Å². The minimum atomic E-state index is -0.267. The first-order valence-corrected chi connectivity index (χ1v) is 9.93. The topological polar surface area (TPSA) is 65.5 Å². The smallest absolute Gasteiger partial charge is 0.251 e. The first-order chi connectivity index (χ1) is 13.9. The summed E-state index contributed by atoms with van der Waals surface area (Å²) in [5.41, 5.74) is 2.29. The van der Waals surface area contributed by atoms with Crippen LogP contribution in [0.3, 0.4) is 0 Å². The molecule has 0 unspecified atom stereocenters. The number of rotatable bonds is 8. The van der Waals surface area contributed by atoms with Crippen LogP contribution in [0.5, 0.6) is 0 Å². The van der Waals surface area contributed by atoms with E-state index in [9.17, 15) is 9.18 Å². The highest BCUT2D eigenvalue weighted by Gasteiger charge is 2.21. The Morgan fingerprint density at radius 1 is 1.07 bits per heavy atom. The van der Waals surface area contributed by atoms with Gasteiger partial charge in [0.15, 0.2) is 5.96 Å². The van der Waals surface area contributed by atoms with Gasteiger partial charge in [-0.2, -0.15) is 0 Å². The van der Waals surface area contributed by atoms with Crippen LogP contribution in [0, 0.1) is 5.82 Å². The third kappa shape index (κ3) is 6.89. The molecule has 0 heterocycles. The molecule has 6 heteroatoms. The first-order valence-electron chi connectivity index (χ1n) is 9.93. The molecule has 0 aliphatic heterocycles. The molecule has 0 saturated carbocycles. The van der Waals surface area contributed by atoms with Crippen molar-refractivity contribution in [3.8, 4) is 0 Å². The molecular weight excluding hydrogens is 367 g/mol. The summed E-state index contributed by atoms with van der Waals surface area (Å²) in [4.78, 5) is 16.4. The molecular formula is C23H31FN4O. The van der Waals surface area contributed by atoms with Gasteiger partial charge in [0.25, 0.3) is 5.91 Å². The van der Waals surface area contributed by atoms with Gasteiger partial charge in [-0.25, -0.2) is 4.39 Å². The zero-order chi connectivity index (χ0) is 21.3. The second-order valence-electron chi connectivity index (χ2n) is 7.63. The largest absolute Gasteiger partial charge is 0.356 e. The average Bonchev–Trinajstić information content (AvgIpc) is 2.72. The Morgan fingerprint density at radius 3 is 2.52 bits per heavy atom. The SMILES string of the molecule is CCCNC(=O)c1cccc(CNC(=NC)NCC(C)(C)c2cccc(F)c2)c1. The fraction of sp³-hybridized carbons (Fsp3) is 0.391. The van der Waals surface area contributed by atoms with Crippen LogP contribution >= 0.6 is 0 Å². The summed E-state index contributed by atoms with van der Waals surface area (Å²) < 4.78 is 13.5. The van der Waals surface area contributed by atoms with E-state index in [1.54, 1.807) is 19.2 Å². The lowest BCUT2D eigenvalue weighted by atomic mass is 9.84. The van der Waals surface area contributed by atoms with Crippen LogP contribution in [0.1, 0.15) is 48.7 Å². The van der Waals surface area contributed by atoms with Gasteiger partial charge in [0, 0.05) is 37.7 Å². The van der Waals surface area contributed by atoms with Crippen molar-refractivity contribution in [1.82, 2.24) is 16.0 Å². The number of carbonyl (C=O) groups excluding carboxylic acids is 1. The Balaban J connectivity index is 1.93. The maximum Gasteiger partial charge on any atom is 0.251 e. The summed E-state index contributed by atoms with van der Waals surface area (Å²) in [6.45, 7) is 7.93. The Kier molecular flexibility index (Phi) is 8.19. The molecule has 5 nitrogen and oxygen atoms in total. The zero-order valence-corrected chi connectivity index (χ0v) is 17.7. The predicted molar refractivity (Wildman–Crippen MR) is 117 cm³/mol. The maximum atomic E-state index is 13.5. The Morgan fingerprint density at radius 2 is 1.83 bits per heavy atom. The molecule has 0 saturated heterocycles. The van der Waals surface area contributed by atoms with Crippen molar-refractivity contribution >= 4 is 11.9 Å². The van der Waals surface area contributed by atoms with Crippen LogP contribution in [0.15, 0.2) is 53.5 Å². The average molecular weight is 399 g/mol. The maximum absolute atomic E-state index is 13.5. The number of hydrogen-bond acceptors (Lipinski definition) is 2. The number of nitrogens with one attached hydrogen (secondary N) is 3. The van der Waals surface area contributed by atoms with Gasteiger partial charge in [0.1, 0.15) is 5.82 Å². The van der Waals surface area contributed by atoms with Gasteiger partial charge in [-0.1, -0.05) is 45.0 Å². The molecule has 156 valence electrons. The van der Waals surface area contributed by atoms with Crippen molar-refractivity contribution in [2.45, 2.75) is 39.2 Å². The van der Waals surface area contributed by atoms with Crippen molar-refractivity contribution < 1.29 is 9.18 Å². The van der Waals surface area contributed by atoms with E-state index in [-0.39, 0.29) is 17.1 Å². The van der Waals surface area contributed by atoms with Crippen LogP contribution in [0.4, 0.5) is 4.39 Å². The van der Waals surface area contributed by atoms with E-state index < -0.39 is 0 Å². The minimum absolute atomic E-state index is 0.0620. The Hall–Kier alpha value is -2.89. The molecule has 3 N–H and O–H groups in total. The summed E-state index contributed by atoms with van der Waals surface area (Å²) in [6.07, 6.45) is 0.904. The van der Waals surface area contributed by atoms with Crippen LogP contribution in [0.25, 0.3) is 0 Å². The molecule has 0 aliphatic carbocycles. The van der Waals surface area contributed by atoms with E-state index in [0.29, 0.717) is 31.2 Å².